The van der Waals surface area contributed by atoms with E-state index in [-0.39, 0.29) is 5.75 Å². The van der Waals surface area contributed by atoms with Gasteiger partial charge in [-0.2, -0.15) is 0 Å². The van der Waals surface area contributed by atoms with Crippen LogP contribution in [-0.4, -0.2) is 19.3 Å². The quantitative estimate of drug-likeness (QED) is 0.267. The monoisotopic (exact) mass is 466 g/mol. The van der Waals surface area contributed by atoms with Gasteiger partial charge in [0.15, 0.2) is 0 Å². The molecule has 0 unspecified atom stereocenters. The molecule has 1 N–H and O–H groups in total. The third-order valence-corrected chi connectivity index (χ3v) is 8.32. The summed E-state index contributed by atoms with van der Waals surface area (Å²) in [6.07, 6.45) is 0. The molecular formula is C33H22O3. The molecule has 0 fully saturated rings. The minimum atomic E-state index is -0.548. The molecule has 2 aliphatic rings. The van der Waals surface area contributed by atoms with Gasteiger partial charge >= 0.3 is 0 Å². The van der Waals surface area contributed by atoms with Crippen molar-refractivity contribution in [3.05, 3.63) is 113 Å². The van der Waals surface area contributed by atoms with E-state index in [0.717, 1.165) is 33.4 Å². The van der Waals surface area contributed by atoms with Crippen molar-refractivity contribution in [2.75, 3.05) is 14.2 Å². The normalized spacial score (nSPS) is 14.2. The van der Waals surface area contributed by atoms with Crippen LogP contribution < -0.4 is 9.47 Å². The summed E-state index contributed by atoms with van der Waals surface area (Å²) in [7, 11) is 3.37. The zero-order valence-corrected chi connectivity index (χ0v) is 19.9. The molecule has 0 saturated carbocycles. The van der Waals surface area contributed by atoms with Crippen LogP contribution >= 0.6 is 0 Å². The van der Waals surface area contributed by atoms with Gasteiger partial charge in [0.1, 0.15) is 17.2 Å². The van der Waals surface area contributed by atoms with Gasteiger partial charge in [-0.1, -0.05) is 54.6 Å². The largest absolute Gasteiger partial charge is 0.507 e. The van der Waals surface area contributed by atoms with Crippen LogP contribution in [0.5, 0.6) is 17.2 Å². The second-order valence-corrected chi connectivity index (χ2v) is 9.76. The van der Waals surface area contributed by atoms with E-state index < -0.39 is 5.41 Å². The zero-order valence-electron chi connectivity index (χ0n) is 19.9. The van der Waals surface area contributed by atoms with Crippen LogP contribution in [0.1, 0.15) is 22.3 Å². The van der Waals surface area contributed by atoms with Gasteiger partial charge in [0, 0.05) is 5.39 Å². The van der Waals surface area contributed by atoms with Crippen LogP contribution in [0.3, 0.4) is 0 Å². The molecule has 6 aromatic carbocycles. The van der Waals surface area contributed by atoms with Gasteiger partial charge in [0.2, 0.25) is 0 Å². The van der Waals surface area contributed by atoms with Gasteiger partial charge < -0.3 is 14.6 Å². The van der Waals surface area contributed by atoms with E-state index in [2.05, 4.69) is 66.7 Å². The molecule has 0 saturated heterocycles. The number of hydrogen-bond donors (Lipinski definition) is 1. The number of phenolic OH excluding ortho intramolecular Hbond substituents is 1. The second kappa shape index (κ2) is 6.58. The standard InChI is InChI=1S/C33H22O3/c1-35-20-11-13-22-24(15-20)29(34)17-28-32(22)23-14-12-21(36-2)16-27(23)33(28)25-7-3-5-18-9-10-19-6-4-8-26(33)31(19)30(18)25/h3-17,34H,1-2H3. The first-order valence-corrected chi connectivity index (χ1v) is 12.2. The molecular weight excluding hydrogens is 444 g/mol. The maximum Gasteiger partial charge on any atom is 0.123 e. The Balaban J connectivity index is 1.63. The first-order chi connectivity index (χ1) is 17.7. The molecule has 6 aromatic rings. The van der Waals surface area contributed by atoms with Gasteiger partial charge in [0.25, 0.3) is 0 Å². The Labute approximate surface area is 208 Å². The van der Waals surface area contributed by atoms with Crippen LogP contribution in [0.4, 0.5) is 0 Å². The highest BCUT2D eigenvalue weighted by atomic mass is 16.5. The Morgan fingerprint density at radius 1 is 0.583 bits per heavy atom. The summed E-state index contributed by atoms with van der Waals surface area (Å²) in [6, 6.07) is 32.0. The third-order valence-electron chi connectivity index (χ3n) is 8.32. The molecule has 0 aromatic heterocycles. The van der Waals surface area contributed by atoms with E-state index in [9.17, 15) is 5.11 Å². The second-order valence-electron chi connectivity index (χ2n) is 9.76. The van der Waals surface area contributed by atoms with Crippen LogP contribution in [0.25, 0.3) is 43.4 Å². The molecule has 0 amide bonds. The van der Waals surface area contributed by atoms with Gasteiger partial charge in [-0.3, -0.25) is 0 Å². The Bertz CT molecular complexity index is 1870. The molecule has 2 aliphatic carbocycles. The van der Waals surface area contributed by atoms with Crippen molar-refractivity contribution in [2.24, 2.45) is 0 Å². The van der Waals surface area contributed by atoms with E-state index in [1.165, 1.54) is 43.8 Å². The number of fused-ring (bicyclic) bond motifs is 9. The first-order valence-electron chi connectivity index (χ1n) is 12.2. The summed E-state index contributed by atoms with van der Waals surface area (Å²) in [5, 5.41) is 18.3. The number of hydrogen-bond acceptors (Lipinski definition) is 3. The van der Waals surface area contributed by atoms with Crippen LogP contribution in [0, 0.1) is 0 Å². The highest BCUT2D eigenvalue weighted by molar-refractivity contribution is 6.18. The van der Waals surface area contributed by atoms with Crippen molar-refractivity contribution >= 4 is 32.3 Å². The van der Waals surface area contributed by atoms with Crippen molar-refractivity contribution in [2.45, 2.75) is 5.41 Å². The summed E-state index contributed by atoms with van der Waals surface area (Å²) < 4.78 is 11.2. The Morgan fingerprint density at radius 2 is 1.22 bits per heavy atom. The van der Waals surface area contributed by atoms with Gasteiger partial charge in [0.05, 0.1) is 19.6 Å². The number of benzene rings is 6. The van der Waals surface area contributed by atoms with Gasteiger partial charge in [-0.15, -0.1) is 0 Å². The van der Waals surface area contributed by atoms with Gasteiger partial charge in [-0.25, -0.2) is 0 Å². The molecule has 8 rings (SSSR count). The Hall–Kier alpha value is -4.50. The summed E-state index contributed by atoms with van der Waals surface area (Å²) >= 11 is 0. The number of rotatable bonds is 2. The first kappa shape index (κ1) is 19.8. The molecule has 3 heteroatoms. The van der Waals surface area contributed by atoms with E-state index in [1.54, 1.807) is 14.2 Å². The van der Waals surface area contributed by atoms with E-state index in [4.69, 9.17) is 9.47 Å². The predicted octanol–water partition coefficient (Wildman–Crippen LogP) is 7.55. The van der Waals surface area contributed by atoms with Crippen LogP contribution in [0.2, 0.25) is 0 Å². The number of methoxy groups -OCH3 is 2. The fraction of sp³-hybridized carbons (Fsp3) is 0.0909. The molecule has 0 heterocycles. The lowest BCUT2D eigenvalue weighted by Crippen LogP contribution is -2.26. The molecule has 1 spiro atoms. The fourth-order valence-electron chi connectivity index (χ4n) is 6.93. The van der Waals surface area contributed by atoms with Gasteiger partial charge in [-0.05, 0) is 96.7 Å². The zero-order chi connectivity index (χ0) is 24.2. The predicted molar refractivity (Wildman–Crippen MR) is 145 cm³/mol. The fourth-order valence-corrected chi connectivity index (χ4v) is 6.93. The molecule has 172 valence electrons. The smallest absolute Gasteiger partial charge is 0.123 e. The average Bonchev–Trinajstić information content (AvgIpc) is 3.39. The van der Waals surface area contributed by atoms with Crippen molar-refractivity contribution in [1.29, 1.82) is 0 Å². The minimum absolute atomic E-state index is 0.261. The van der Waals surface area contributed by atoms with Crippen molar-refractivity contribution < 1.29 is 14.6 Å². The highest BCUT2D eigenvalue weighted by Crippen LogP contribution is 2.64. The number of ether oxygens (including phenoxy) is 2. The lowest BCUT2D eigenvalue weighted by atomic mass is 9.70. The van der Waals surface area contributed by atoms with E-state index >= 15 is 0 Å². The number of phenols is 1. The maximum atomic E-state index is 11.4. The topological polar surface area (TPSA) is 38.7 Å². The SMILES string of the molecule is COc1ccc2c(c1)C1(c3cc(O)c4cc(OC)ccc4c3-2)c2cccc3ccc4cccc1c4c23. The van der Waals surface area contributed by atoms with Crippen LogP contribution in [0.15, 0.2) is 91.0 Å². The lowest BCUT2D eigenvalue weighted by molar-refractivity contribution is 0.414. The van der Waals surface area contributed by atoms with E-state index in [0.29, 0.717) is 0 Å². The minimum Gasteiger partial charge on any atom is -0.507 e. The van der Waals surface area contributed by atoms with Crippen molar-refractivity contribution in [1.82, 2.24) is 0 Å². The maximum absolute atomic E-state index is 11.4. The van der Waals surface area contributed by atoms with Crippen molar-refractivity contribution in [3.8, 4) is 28.4 Å². The third kappa shape index (κ3) is 2.11. The van der Waals surface area contributed by atoms with Crippen molar-refractivity contribution in [3.63, 3.8) is 0 Å². The molecule has 0 radical (unpaired) electrons. The Morgan fingerprint density at radius 3 is 1.89 bits per heavy atom. The molecule has 36 heavy (non-hydrogen) atoms. The summed E-state index contributed by atoms with van der Waals surface area (Å²) in [4.78, 5) is 0. The summed E-state index contributed by atoms with van der Waals surface area (Å²) in [6.45, 7) is 0. The molecule has 0 aliphatic heterocycles. The summed E-state index contributed by atoms with van der Waals surface area (Å²) in [5.41, 5.74) is 6.59. The Kier molecular flexibility index (Phi) is 3.61. The molecule has 0 bridgehead atoms. The lowest BCUT2D eigenvalue weighted by Gasteiger charge is -2.31. The van der Waals surface area contributed by atoms with Crippen LogP contribution in [-0.2, 0) is 5.41 Å². The molecule has 0 atom stereocenters. The average molecular weight is 467 g/mol. The highest BCUT2D eigenvalue weighted by Gasteiger charge is 2.51. The molecule has 3 nitrogen and oxygen atoms in total. The number of aromatic hydroxyl groups is 1. The summed E-state index contributed by atoms with van der Waals surface area (Å²) in [5.74, 6) is 1.81. The van der Waals surface area contributed by atoms with E-state index in [1.807, 2.05) is 24.3 Å².